The summed E-state index contributed by atoms with van der Waals surface area (Å²) in [5.74, 6) is -0.835. The summed E-state index contributed by atoms with van der Waals surface area (Å²) in [5.41, 5.74) is 0. The molecule has 0 amide bonds. The second-order valence-corrected chi connectivity index (χ2v) is 5.65. The van der Waals surface area contributed by atoms with Crippen LogP contribution in [0.4, 0.5) is 0 Å². The van der Waals surface area contributed by atoms with Gasteiger partial charge < -0.3 is 5.11 Å². The summed E-state index contributed by atoms with van der Waals surface area (Å²) in [6.45, 7) is 2.21. The third-order valence-electron chi connectivity index (χ3n) is 3.44. The maximum Gasteiger partial charge on any atom is 0.303 e. The highest BCUT2D eigenvalue weighted by Crippen LogP contribution is 2.06. The maximum absolute atomic E-state index is 10.4. The van der Waals surface area contributed by atoms with Crippen LogP contribution in [0.5, 0.6) is 0 Å². The molecule has 0 heterocycles. The fraction of sp³-hybridized carbons (Fsp3) is 0.550. The lowest BCUT2D eigenvalue weighted by atomic mass is 10.1. The molecule has 0 fully saturated rings. The van der Waals surface area contributed by atoms with Crippen LogP contribution >= 0.6 is 0 Å². The Balaban J connectivity index is 3.74. The largest absolute Gasteiger partial charge is 0.481 e. The van der Waals surface area contributed by atoms with E-state index < -0.39 is 12.1 Å². The van der Waals surface area contributed by atoms with Crippen LogP contribution in [0.3, 0.4) is 0 Å². The van der Waals surface area contributed by atoms with Gasteiger partial charge in [-0.3, -0.25) is 10.1 Å². The van der Waals surface area contributed by atoms with E-state index in [1.165, 1.54) is 25.7 Å². The number of carboxylic acid groups (broad SMARTS) is 1. The summed E-state index contributed by atoms with van der Waals surface area (Å²) >= 11 is 0. The van der Waals surface area contributed by atoms with Crippen LogP contribution in [-0.2, 0) is 9.68 Å². The Hall–Kier alpha value is -1.65. The Morgan fingerprint density at radius 2 is 1.71 bits per heavy atom. The zero-order valence-corrected chi connectivity index (χ0v) is 14.8. The van der Waals surface area contributed by atoms with E-state index >= 15 is 0 Å². The lowest BCUT2D eigenvalue weighted by molar-refractivity contribution is -0.267. The molecule has 0 aliphatic heterocycles. The molecule has 0 aromatic carbocycles. The molecule has 0 aliphatic rings. The molecule has 0 saturated heterocycles. The van der Waals surface area contributed by atoms with Gasteiger partial charge in [-0.05, 0) is 38.5 Å². The fourth-order valence-electron chi connectivity index (χ4n) is 2.06. The van der Waals surface area contributed by atoms with Crippen molar-refractivity contribution in [1.82, 2.24) is 0 Å². The number of aliphatic carboxylic acids is 1. The van der Waals surface area contributed by atoms with Crippen molar-refractivity contribution in [2.24, 2.45) is 0 Å². The van der Waals surface area contributed by atoms with Crippen LogP contribution in [0.2, 0.25) is 0 Å². The topological polar surface area (TPSA) is 66.8 Å². The van der Waals surface area contributed by atoms with Gasteiger partial charge in [0.2, 0.25) is 0 Å². The van der Waals surface area contributed by atoms with E-state index in [9.17, 15) is 4.79 Å². The number of hydrogen-bond acceptors (Lipinski definition) is 3. The van der Waals surface area contributed by atoms with E-state index in [4.69, 9.17) is 10.4 Å². The van der Waals surface area contributed by atoms with E-state index in [1.807, 2.05) is 18.2 Å². The zero-order chi connectivity index (χ0) is 17.9. The van der Waals surface area contributed by atoms with Gasteiger partial charge >= 0.3 is 5.97 Å². The molecule has 0 aliphatic carbocycles. The number of carbonyl (C=O) groups is 1. The van der Waals surface area contributed by atoms with Crippen molar-refractivity contribution in [2.45, 2.75) is 70.8 Å². The first-order valence-electron chi connectivity index (χ1n) is 8.86. The van der Waals surface area contributed by atoms with E-state index in [0.717, 1.165) is 12.8 Å². The zero-order valence-electron chi connectivity index (χ0n) is 14.8. The minimum absolute atomic E-state index is 0.0847. The van der Waals surface area contributed by atoms with Gasteiger partial charge in [-0.1, -0.05) is 68.4 Å². The third-order valence-corrected chi connectivity index (χ3v) is 3.44. The average Bonchev–Trinajstić information content (AvgIpc) is 2.57. The van der Waals surface area contributed by atoms with Gasteiger partial charge in [0.25, 0.3) is 0 Å². The standard InChI is InChI=1S/C20H32O4/c1-2-3-4-5-6-7-8-9-10-11-12-13-14-16-19(24-23)17-15-18-20(21)22/h6-7,9-10,12-14,16,19,23H,2-5,8,11,15,17-18H2,1H3,(H,21,22)/b7-6?,10-9?,13-12-,16-14+/t19-/m1/s1. The molecular formula is C20H32O4. The van der Waals surface area contributed by atoms with Crippen LogP contribution in [0.25, 0.3) is 0 Å². The molecule has 1 atom stereocenters. The molecule has 0 spiro atoms. The first-order chi connectivity index (χ1) is 11.7. The molecule has 24 heavy (non-hydrogen) atoms. The molecule has 0 bridgehead atoms. The Labute approximate surface area is 146 Å². The number of allylic oxidation sites excluding steroid dienone is 7. The van der Waals surface area contributed by atoms with Crippen molar-refractivity contribution in [3.63, 3.8) is 0 Å². The Bertz CT molecular complexity index is 408. The Kier molecular flexibility index (Phi) is 16.5. The Morgan fingerprint density at radius 3 is 2.38 bits per heavy atom. The number of unbranched alkanes of at least 4 members (excludes halogenated alkanes) is 3. The fourth-order valence-corrected chi connectivity index (χ4v) is 2.06. The van der Waals surface area contributed by atoms with Crippen LogP contribution in [0, 0.1) is 0 Å². The van der Waals surface area contributed by atoms with E-state index in [1.54, 1.807) is 6.08 Å². The van der Waals surface area contributed by atoms with Gasteiger partial charge in [0.1, 0.15) is 6.10 Å². The maximum atomic E-state index is 10.4. The van der Waals surface area contributed by atoms with Gasteiger partial charge in [-0.2, -0.15) is 0 Å². The molecule has 0 radical (unpaired) electrons. The molecule has 0 aromatic heterocycles. The summed E-state index contributed by atoms with van der Waals surface area (Å²) in [4.78, 5) is 14.7. The van der Waals surface area contributed by atoms with Crippen molar-refractivity contribution >= 4 is 5.97 Å². The highest BCUT2D eigenvalue weighted by Gasteiger charge is 2.05. The second-order valence-electron chi connectivity index (χ2n) is 5.65. The summed E-state index contributed by atoms with van der Waals surface area (Å²) in [6.07, 6.45) is 23.6. The first-order valence-corrected chi connectivity index (χ1v) is 8.86. The molecule has 4 heteroatoms. The summed E-state index contributed by atoms with van der Waals surface area (Å²) in [6, 6.07) is 0. The van der Waals surface area contributed by atoms with Crippen molar-refractivity contribution in [2.75, 3.05) is 0 Å². The number of carboxylic acids is 1. The lowest BCUT2D eigenvalue weighted by Gasteiger charge is -2.06. The van der Waals surface area contributed by atoms with E-state index in [0.29, 0.717) is 12.8 Å². The van der Waals surface area contributed by atoms with Crippen LogP contribution < -0.4 is 0 Å². The predicted molar refractivity (Wildman–Crippen MR) is 98.9 cm³/mol. The van der Waals surface area contributed by atoms with Gasteiger partial charge in [-0.15, -0.1) is 0 Å². The van der Waals surface area contributed by atoms with Crippen molar-refractivity contribution in [1.29, 1.82) is 0 Å². The van der Waals surface area contributed by atoms with E-state index in [-0.39, 0.29) is 6.42 Å². The third kappa shape index (κ3) is 16.7. The van der Waals surface area contributed by atoms with Gasteiger partial charge in [0.15, 0.2) is 0 Å². The molecule has 2 N–H and O–H groups in total. The van der Waals surface area contributed by atoms with Crippen molar-refractivity contribution < 1.29 is 20.0 Å². The van der Waals surface area contributed by atoms with Crippen molar-refractivity contribution in [3.05, 3.63) is 48.6 Å². The second kappa shape index (κ2) is 17.7. The summed E-state index contributed by atoms with van der Waals surface area (Å²) < 4.78 is 0. The molecular weight excluding hydrogens is 304 g/mol. The summed E-state index contributed by atoms with van der Waals surface area (Å²) in [5, 5.41) is 17.3. The van der Waals surface area contributed by atoms with Gasteiger partial charge in [-0.25, -0.2) is 4.89 Å². The molecule has 4 nitrogen and oxygen atoms in total. The lowest BCUT2D eigenvalue weighted by Crippen LogP contribution is -2.08. The SMILES string of the molecule is CCCCCC=CCC=CC/C=C\C=C\[C@H](CCCC(=O)O)OO. The smallest absolute Gasteiger partial charge is 0.303 e. The summed E-state index contributed by atoms with van der Waals surface area (Å²) in [7, 11) is 0. The average molecular weight is 336 g/mol. The number of rotatable bonds is 15. The molecule has 0 aromatic rings. The van der Waals surface area contributed by atoms with Crippen LogP contribution in [0.15, 0.2) is 48.6 Å². The van der Waals surface area contributed by atoms with Gasteiger partial charge in [0, 0.05) is 6.42 Å². The van der Waals surface area contributed by atoms with E-state index in [2.05, 4.69) is 36.1 Å². The number of hydrogen-bond donors (Lipinski definition) is 2. The minimum atomic E-state index is -0.835. The minimum Gasteiger partial charge on any atom is -0.481 e. The highest BCUT2D eigenvalue weighted by atomic mass is 17.1. The monoisotopic (exact) mass is 336 g/mol. The van der Waals surface area contributed by atoms with Gasteiger partial charge in [0.05, 0.1) is 0 Å². The molecule has 0 saturated carbocycles. The quantitative estimate of drug-likeness (QED) is 0.133. The van der Waals surface area contributed by atoms with Crippen LogP contribution in [0.1, 0.15) is 64.7 Å². The molecule has 136 valence electrons. The predicted octanol–water partition coefficient (Wildman–Crippen LogP) is 5.68. The van der Waals surface area contributed by atoms with Crippen molar-refractivity contribution in [3.8, 4) is 0 Å². The first kappa shape index (κ1) is 22.4. The Morgan fingerprint density at radius 1 is 1.00 bits per heavy atom. The normalized spacial score (nSPS) is 13.8. The molecule has 0 unspecified atom stereocenters. The van der Waals surface area contributed by atoms with Crippen LogP contribution in [-0.4, -0.2) is 22.4 Å². The molecule has 0 rings (SSSR count). The highest BCUT2D eigenvalue weighted by molar-refractivity contribution is 5.66.